The van der Waals surface area contributed by atoms with E-state index in [1.165, 1.54) is 12.8 Å². The third-order valence-corrected chi connectivity index (χ3v) is 0.500. The number of hydrogen-bond acceptors (Lipinski definition) is 0. The normalized spacial score (nSPS) is 8.71. The van der Waals surface area contributed by atoms with Crippen molar-refractivity contribution in [2.24, 2.45) is 0 Å². The maximum absolute atomic E-state index is 6.45. The molecular formula is C7H19-. The summed E-state index contributed by atoms with van der Waals surface area (Å²) in [7, 11) is 0. The average Bonchev–Trinajstić information content (AvgIpc) is 1.88. The summed E-state index contributed by atoms with van der Waals surface area (Å²) in [6, 6.07) is 0. The van der Waals surface area contributed by atoms with Gasteiger partial charge >= 0.3 is 0 Å². The molecule has 0 N–H and O–H groups in total. The lowest BCUT2D eigenvalue weighted by atomic mass is 10.4. The highest BCUT2D eigenvalue weighted by molar-refractivity contribution is 4.12. The quantitative estimate of drug-likeness (QED) is 0.482. The van der Waals surface area contributed by atoms with Gasteiger partial charge in [0.1, 0.15) is 0 Å². The molecule has 0 atom stereocenters. The zero-order valence-corrected chi connectivity index (χ0v) is 5.83. The molecule has 0 bridgehead atoms. The Morgan fingerprint density at radius 3 is 1.57 bits per heavy atom. The van der Waals surface area contributed by atoms with Gasteiger partial charge in [-0.15, -0.1) is 0 Å². The summed E-state index contributed by atoms with van der Waals surface area (Å²) < 4.78 is 6.45. The fraction of sp³-hybridized carbons (Fsp3) is 1.00. The van der Waals surface area contributed by atoms with Gasteiger partial charge in [0.25, 0.3) is 0 Å². The molecule has 0 radical (unpaired) electrons. The van der Waals surface area contributed by atoms with Crippen LogP contribution in [0.3, 0.4) is 0 Å². The fourth-order valence-corrected chi connectivity index (χ4v) is 0. The molecule has 0 aromatic carbocycles. The predicted molar refractivity (Wildman–Crippen MR) is 37.7 cm³/mol. The van der Waals surface area contributed by atoms with Gasteiger partial charge in [0, 0.05) is 1.37 Å². The largest absolute Gasteiger partial charge is 1.00 e. The van der Waals surface area contributed by atoms with Crippen molar-refractivity contribution in [3.05, 3.63) is 0 Å². The Balaban J connectivity index is -0.0000000720. The van der Waals surface area contributed by atoms with E-state index in [1.807, 2.05) is 6.92 Å². The van der Waals surface area contributed by atoms with E-state index in [0.29, 0.717) is 6.90 Å². The first-order valence-electron chi connectivity index (χ1n) is 3.83. The Labute approximate surface area is 50.8 Å². The van der Waals surface area contributed by atoms with E-state index in [4.69, 9.17) is 1.37 Å². The van der Waals surface area contributed by atoms with Gasteiger partial charge in [-0.05, 0) is 0 Å². The van der Waals surface area contributed by atoms with Crippen molar-refractivity contribution in [2.45, 2.75) is 46.9 Å². The van der Waals surface area contributed by atoms with E-state index in [-0.39, 0.29) is 1.43 Å². The first kappa shape index (κ1) is 7.00. The Morgan fingerprint density at radius 2 is 1.57 bits per heavy atom. The van der Waals surface area contributed by atoms with Crippen molar-refractivity contribution in [1.82, 2.24) is 0 Å². The molecule has 0 aliphatic heterocycles. The smallest absolute Gasteiger partial charge is 0.0230 e. The minimum Gasteiger partial charge on any atom is -1.00 e. The molecule has 0 saturated carbocycles. The highest BCUT2D eigenvalue weighted by atomic mass is 13.6. The lowest BCUT2D eigenvalue weighted by Gasteiger charge is -1.68. The molecule has 0 fully saturated rings. The summed E-state index contributed by atoms with van der Waals surface area (Å²) in [5.74, 6) is 0. The molecule has 0 nitrogen and oxygen atoms in total. The lowest BCUT2D eigenvalue weighted by Crippen LogP contribution is -1.47. The molecule has 0 aromatic rings. The standard InChI is InChI=1S/C4H10.C3H8.H/c1-3-4-2;1-3-2;/h3-4H2,1-2H3;3H2,1-2H3;/q;;-1/i;1T;1+2. The first-order chi connectivity index (χ1) is 3.83. The molecule has 0 aromatic heterocycles. The van der Waals surface area contributed by atoms with E-state index in [2.05, 4.69) is 13.8 Å². The number of hydrogen-bond donors (Lipinski definition) is 0. The van der Waals surface area contributed by atoms with Gasteiger partial charge in [0.05, 0.1) is 0 Å². The molecule has 0 heterocycles. The van der Waals surface area contributed by atoms with Crippen LogP contribution in [0, 0.1) is 0 Å². The van der Waals surface area contributed by atoms with Crippen LogP contribution in [0.15, 0.2) is 0 Å². The van der Waals surface area contributed by atoms with E-state index >= 15 is 0 Å². The van der Waals surface area contributed by atoms with Gasteiger partial charge in [-0.1, -0.05) is 46.9 Å². The molecule has 0 spiro atoms. The van der Waals surface area contributed by atoms with Crippen molar-refractivity contribution in [1.29, 1.82) is 0 Å². The Hall–Kier alpha value is 0. The minimum absolute atomic E-state index is 0. The van der Waals surface area contributed by atoms with Crippen LogP contribution in [0.5, 0.6) is 0 Å². The van der Waals surface area contributed by atoms with E-state index in [9.17, 15) is 0 Å². The van der Waals surface area contributed by atoms with Crippen LogP contribution in [0.2, 0.25) is 0 Å². The summed E-state index contributed by atoms with van der Waals surface area (Å²) in [6.45, 7) is 6.92. The third kappa shape index (κ3) is 96.0. The zero-order chi connectivity index (χ0) is 6.83. The summed E-state index contributed by atoms with van der Waals surface area (Å²) in [5, 5.41) is 0. The fourth-order valence-electron chi connectivity index (χ4n) is 0. The number of unbranched alkanes of at least 4 members (excludes halogenated alkanes) is 1. The molecule has 7 heavy (non-hydrogen) atoms. The van der Waals surface area contributed by atoms with Crippen LogP contribution in [-0.2, 0) is 0 Å². The lowest BCUT2D eigenvalue weighted by molar-refractivity contribution is 0.886. The Kier molecular flexibility index (Phi) is 16.7. The average molecular weight is 107 g/mol. The second kappa shape index (κ2) is 16.7. The van der Waals surface area contributed by atoms with Crippen molar-refractivity contribution < 1.29 is 2.80 Å². The highest BCUT2D eigenvalue weighted by Crippen LogP contribution is 1.76. The summed E-state index contributed by atoms with van der Waals surface area (Å²) in [6.07, 6.45) is 3.62. The van der Waals surface area contributed by atoms with Gasteiger partial charge in [0.2, 0.25) is 0 Å². The minimum atomic E-state index is 0. The second-order valence-electron chi connectivity index (χ2n) is 1.50. The van der Waals surface area contributed by atoms with Crippen molar-refractivity contribution in [2.75, 3.05) is 0 Å². The van der Waals surface area contributed by atoms with E-state index in [0.717, 1.165) is 6.42 Å². The van der Waals surface area contributed by atoms with Gasteiger partial charge in [-0.3, -0.25) is 0 Å². The monoisotopic (exact) mass is 107 g/mol. The maximum atomic E-state index is 6.45. The topological polar surface area (TPSA) is 0 Å². The van der Waals surface area contributed by atoms with Gasteiger partial charge in [-0.25, -0.2) is 0 Å². The van der Waals surface area contributed by atoms with Crippen LogP contribution in [0.1, 0.15) is 49.7 Å². The summed E-state index contributed by atoms with van der Waals surface area (Å²) in [4.78, 5) is 0. The van der Waals surface area contributed by atoms with Crippen LogP contribution in [0.25, 0.3) is 0 Å². The van der Waals surface area contributed by atoms with E-state index < -0.39 is 0 Å². The molecule has 0 aliphatic rings. The first-order valence-corrected chi connectivity index (χ1v) is 3.12. The van der Waals surface area contributed by atoms with Crippen molar-refractivity contribution in [3.63, 3.8) is 0 Å². The van der Waals surface area contributed by atoms with Crippen LogP contribution in [-0.4, -0.2) is 0 Å². The van der Waals surface area contributed by atoms with Gasteiger partial charge < -0.3 is 1.43 Å². The molecule has 0 aliphatic carbocycles. The van der Waals surface area contributed by atoms with Gasteiger partial charge in [-0.2, -0.15) is 0 Å². The SMILES string of the molecule is CCCC.[3H-].[3H]CCC. The molecule has 0 saturated heterocycles. The summed E-state index contributed by atoms with van der Waals surface area (Å²) >= 11 is 0. The molecule has 0 heteroatoms. The second-order valence-corrected chi connectivity index (χ2v) is 1.50. The van der Waals surface area contributed by atoms with Gasteiger partial charge in [0.15, 0.2) is 0 Å². The molecule has 0 rings (SSSR count). The van der Waals surface area contributed by atoms with Crippen molar-refractivity contribution >= 4 is 0 Å². The maximum Gasteiger partial charge on any atom is 0.0230 e. The predicted octanol–water partition coefficient (Wildman–Crippen LogP) is 3.34. The third-order valence-electron chi connectivity index (χ3n) is 0.500. The Morgan fingerprint density at radius 1 is 1.29 bits per heavy atom. The van der Waals surface area contributed by atoms with E-state index in [1.54, 1.807) is 0 Å². The highest BCUT2D eigenvalue weighted by Gasteiger charge is 1.56. The molecule has 48 valence electrons. The van der Waals surface area contributed by atoms with Crippen LogP contribution in [0.4, 0.5) is 0 Å². The van der Waals surface area contributed by atoms with Crippen LogP contribution >= 0.6 is 0 Å². The number of rotatable bonds is 1. The summed E-state index contributed by atoms with van der Waals surface area (Å²) in [5.41, 5.74) is 0. The zero-order valence-electron chi connectivity index (χ0n) is 7.83. The Bertz CT molecular complexity index is 14.9. The van der Waals surface area contributed by atoms with Crippen LogP contribution < -0.4 is 0 Å². The molecule has 0 amide bonds. The molecule has 0 unspecified atom stereocenters. The van der Waals surface area contributed by atoms with Crippen molar-refractivity contribution in [3.8, 4) is 0 Å². The molecular weight excluding hydrogens is 84.1 g/mol.